The zero-order valence-corrected chi connectivity index (χ0v) is 18.8. The Morgan fingerprint density at radius 1 is 0.667 bits per heavy atom. The molecule has 0 aromatic carbocycles. The smallest absolute Gasteiger partial charge is 0.0323 e. The second kappa shape index (κ2) is 9.21. The summed E-state index contributed by atoms with van der Waals surface area (Å²) in [5, 5.41) is 0. The van der Waals surface area contributed by atoms with Crippen molar-refractivity contribution < 1.29 is 0 Å². The average Bonchev–Trinajstić information content (AvgIpc) is 3.07. The molecule has 0 amide bonds. The first-order chi connectivity index (χ1) is 13.2. The van der Waals surface area contributed by atoms with Gasteiger partial charge in [0, 0.05) is 0 Å². The van der Waals surface area contributed by atoms with Crippen LogP contribution in [0.3, 0.4) is 0 Å². The minimum absolute atomic E-state index is 1.01. The lowest BCUT2D eigenvalue weighted by Gasteiger charge is -2.57. The highest BCUT2D eigenvalue weighted by molar-refractivity contribution is 5.04. The van der Waals surface area contributed by atoms with Gasteiger partial charge >= 0.3 is 0 Å². The minimum atomic E-state index is 1.01. The van der Waals surface area contributed by atoms with E-state index in [4.69, 9.17) is 0 Å². The van der Waals surface area contributed by atoms with Crippen LogP contribution in [0.5, 0.6) is 0 Å². The van der Waals surface area contributed by atoms with Crippen molar-refractivity contribution in [2.75, 3.05) is 0 Å². The first-order valence-corrected chi connectivity index (χ1v) is 13.2. The normalized spacial score (nSPS) is 42.9. The van der Waals surface area contributed by atoms with Gasteiger partial charge in [0.15, 0.2) is 0 Å². The summed E-state index contributed by atoms with van der Waals surface area (Å²) in [5.74, 6) is 9.86. The van der Waals surface area contributed by atoms with Crippen LogP contribution in [0.25, 0.3) is 0 Å². The lowest BCUT2D eigenvalue weighted by Crippen LogP contribution is -2.50. The van der Waals surface area contributed by atoms with Crippen LogP contribution in [0, 0.1) is 53.3 Å². The molecule has 156 valence electrons. The maximum absolute atomic E-state index is 2.60. The molecule has 0 nitrogen and oxygen atoms in total. The fourth-order valence-corrected chi connectivity index (χ4v) is 9.23. The molecular formula is C27H48. The predicted molar refractivity (Wildman–Crippen MR) is 118 cm³/mol. The molecule has 4 aliphatic carbocycles. The fraction of sp³-hybridized carbons (Fsp3) is 1.00. The van der Waals surface area contributed by atoms with Gasteiger partial charge in [0.05, 0.1) is 0 Å². The van der Waals surface area contributed by atoms with Crippen molar-refractivity contribution in [2.24, 2.45) is 53.3 Å². The van der Waals surface area contributed by atoms with E-state index in [1.807, 2.05) is 0 Å². The average molecular weight is 373 g/mol. The van der Waals surface area contributed by atoms with E-state index >= 15 is 0 Å². The van der Waals surface area contributed by atoms with Crippen molar-refractivity contribution in [1.82, 2.24) is 0 Å². The molecule has 0 bridgehead atoms. The molecule has 0 saturated heterocycles. The third-order valence-corrected chi connectivity index (χ3v) is 9.81. The van der Waals surface area contributed by atoms with Crippen LogP contribution in [0.1, 0.15) is 117 Å². The molecule has 4 fully saturated rings. The largest absolute Gasteiger partial charge is 0.0654 e. The molecular weight excluding hydrogens is 324 g/mol. The monoisotopic (exact) mass is 372 g/mol. The topological polar surface area (TPSA) is 0 Å². The van der Waals surface area contributed by atoms with E-state index in [0.29, 0.717) is 0 Å². The van der Waals surface area contributed by atoms with Crippen molar-refractivity contribution in [3.63, 3.8) is 0 Å². The summed E-state index contributed by atoms with van der Waals surface area (Å²) in [7, 11) is 0. The van der Waals surface area contributed by atoms with Crippen molar-refractivity contribution in [3.8, 4) is 0 Å². The molecule has 27 heavy (non-hydrogen) atoms. The summed E-state index contributed by atoms with van der Waals surface area (Å²) in [6, 6.07) is 0. The van der Waals surface area contributed by atoms with E-state index in [1.54, 1.807) is 64.2 Å². The molecule has 4 aliphatic rings. The van der Waals surface area contributed by atoms with E-state index in [0.717, 1.165) is 53.3 Å². The third kappa shape index (κ3) is 4.02. The maximum atomic E-state index is 2.60. The van der Waals surface area contributed by atoms with E-state index in [2.05, 4.69) is 20.8 Å². The Labute approximate surface area is 170 Å². The second-order valence-electron chi connectivity index (χ2n) is 11.4. The van der Waals surface area contributed by atoms with Crippen LogP contribution in [-0.2, 0) is 0 Å². The van der Waals surface area contributed by atoms with Gasteiger partial charge in [0.2, 0.25) is 0 Å². The van der Waals surface area contributed by atoms with E-state index in [9.17, 15) is 0 Å². The molecule has 4 saturated carbocycles. The first kappa shape index (κ1) is 20.3. The number of hydrogen-bond donors (Lipinski definition) is 0. The Balaban J connectivity index is 1.65. The Kier molecular flexibility index (Phi) is 6.92. The number of rotatable bonds is 6. The molecule has 0 aromatic heterocycles. The van der Waals surface area contributed by atoms with Crippen LogP contribution < -0.4 is 0 Å². The maximum Gasteiger partial charge on any atom is -0.0323 e. The zero-order valence-electron chi connectivity index (χ0n) is 18.8. The van der Waals surface area contributed by atoms with Crippen LogP contribution in [-0.4, -0.2) is 0 Å². The van der Waals surface area contributed by atoms with Gasteiger partial charge in [-0.3, -0.25) is 0 Å². The van der Waals surface area contributed by atoms with Gasteiger partial charge in [-0.2, -0.15) is 0 Å². The fourth-order valence-electron chi connectivity index (χ4n) is 9.23. The van der Waals surface area contributed by atoms with Crippen LogP contribution in [0.15, 0.2) is 0 Å². The summed E-state index contributed by atoms with van der Waals surface area (Å²) in [4.78, 5) is 0. The van der Waals surface area contributed by atoms with Gasteiger partial charge in [-0.1, -0.05) is 91.4 Å². The number of hydrogen-bond acceptors (Lipinski definition) is 0. The summed E-state index contributed by atoms with van der Waals surface area (Å²) < 4.78 is 0. The third-order valence-electron chi connectivity index (χ3n) is 9.81. The van der Waals surface area contributed by atoms with Gasteiger partial charge in [-0.25, -0.2) is 0 Å². The van der Waals surface area contributed by atoms with Crippen LogP contribution >= 0.6 is 0 Å². The molecule has 0 aromatic rings. The molecule has 4 rings (SSSR count). The second-order valence-corrected chi connectivity index (χ2v) is 11.4. The van der Waals surface area contributed by atoms with Crippen LogP contribution in [0.2, 0.25) is 0 Å². The van der Waals surface area contributed by atoms with E-state index in [1.165, 1.54) is 32.1 Å². The molecule has 0 aliphatic heterocycles. The van der Waals surface area contributed by atoms with Gasteiger partial charge in [0.25, 0.3) is 0 Å². The Morgan fingerprint density at radius 2 is 1.26 bits per heavy atom. The van der Waals surface area contributed by atoms with E-state index < -0.39 is 0 Å². The Hall–Kier alpha value is 0. The highest BCUT2D eigenvalue weighted by Gasteiger charge is 2.56. The molecule has 0 spiro atoms. The predicted octanol–water partition coefficient (Wildman–Crippen LogP) is 8.50. The summed E-state index contributed by atoms with van der Waals surface area (Å²) in [5.41, 5.74) is 0. The summed E-state index contributed by atoms with van der Waals surface area (Å²) >= 11 is 0. The molecule has 0 heterocycles. The van der Waals surface area contributed by atoms with Gasteiger partial charge in [0.1, 0.15) is 0 Å². The molecule has 0 heteroatoms. The Morgan fingerprint density at radius 3 is 1.93 bits per heavy atom. The van der Waals surface area contributed by atoms with Gasteiger partial charge < -0.3 is 0 Å². The summed E-state index contributed by atoms with van der Waals surface area (Å²) in [6.45, 7) is 7.50. The highest BCUT2D eigenvalue weighted by Crippen LogP contribution is 2.63. The van der Waals surface area contributed by atoms with Crippen LogP contribution in [0.4, 0.5) is 0 Å². The minimum Gasteiger partial charge on any atom is -0.0654 e. The van der Waals surface area contributed by atoms with Gasteiger partial charge in [-0.15, -0.1) is 0 Å². The lowest BCUT2D eigenvalue weighted by molar-refractivity contribution is -0.0835. The number of fused-ring (bicyclic) bond motifs is 2. The highest BCUT2D eigenvalue weighted by atomic mass is 14.6. The zero-order chi connectivity index (χ0) is 18.8. The van der Waals surface area contributed by atoms with Crippen molar-refractivity contribution in [1.29, 1.82) is 0 Å². The first-order valence-electron chi connectivity index (χ1n) is 13.2. The standard InChI is InChI=1S/C27H48/c1-4-11-20(12-5-2)26-22-15-9-10-16-23(22)27(21-13-7-6-8-14-21)25-18-19(3)17-24(25)26/h19-27H,4-18H2,1-3H3. The molecule has 7 atom stereocenters. The quantitative estimate of drug-likeness (QED) is 0.438. The molecule has 0 radical (unpaired) electrons. The molecule has 0 N–H and O–H groups in total. The van der Waals surface area contributed by atoms with Crippen molar-refractivity contribution in [2.45, 2.75) is 117 Å². The Bertz CT molecular complexity index is 433. The van der Waals surface area contributed by atoms with Crippen molar-refractivity contribution in [3.05, 3.63) is 0 Å². The van der Waals surface area contributed by atoms with Gasteiger partial charge in [-0.05, 0) is 78.9 Å². The summed E-state index contributed by atoms with van der Waals surface area (Å²) in [6.07, 6.45) is 23.1. The SMILES string of the molecule is CCCC(CCC)C1C2CCCCC2C(C2CCCCC2)C2CC(C)CC21. The molecule has 7 unspecified atom stereocenters. The van der Waals surface area contributed by atoms with Crippen molar-refractivity contribution >= 4 is 0 Å². The van der Waals surface area contributed by atoms with E-state index in [-0.39, 0.29) is 0 Å². The lowest BCUT2D eigenvalue weighted by atomic mass is 9.48.